The summed E-state index contributed by atoms with van der Waals surface area (Å²) in [6, 6.07) is 4.12. The first-order valence-electron chi connectivity index (χ1n) is 3.39. The molecular formula is C8H9FN2O. The Labute approximate surface area is 69.3 Å². The largest absolute Gasteiger partial charge is 0.409 e. The molecule has 0 saturated heterocycles. The Morgan fingerprint density at radius 3 is 2.83 bits per heavy atom. The Morgan fingerprint density at radius 2 is 2.25 bits per heavy atom. The van der Waals surface area contributed by atoms with E-state index in [1.165, 1.54) is 12.1 Å². The van der Waals surface area contributed by atoms with E-state index in [0.717, 1.165) is 5.56 Å². The Balaban J connectivity index is 3.23. The molecule has 1 aromatic rings. The van der Waals surface area contributed by atoms with Crippen LogP contribution in [0.1, 0.15) is 11.1 Å². The zero-order chi connectivity index (χ0) is 9.14. The maximum Gasteiger partial charge on any atom is 0.170 e. The monoisotopic (exact) mass is 168 g/mol. The summed E-state index contributed by atoms with van der Waals surface area (Å²) < 4.78 is 12.7. The van der Waals surface area contributed by atoms with Crippen LogP contribution >= 0.6 is 0 Å². The highest BCUT2D eigenvalue weighted by atomic mass is 19.1. The third-order valence-electron chi connectivity index (χ3n) is 1.58. The van der Waals surface area contributed by atoms with Gasteiger partial charge in [0.15, 0.2) is 5.84 Å². The van der Waals surface area contributed by atoms with E-state index in [2.05, 4.69) is 5.16 Å². The number of rotatable bonds is 1. The van der Waals surface area contributed by atoms with Crippen LogP contribution in [0.15, 0.2) is 23.4 Å². The summed E-state index contributed by atoms with van der Waals surface area (Å²) >= 11 is 0. The number of benzene rings is 1. The van der Waals surface area contributed by atoms with Gasteiger partial charge in [-0.25, -0.2) is 4.39 Å². The molecule has 0 aromatic heterocycles. The highest BCUT2D eigenvalue weighted by Gasteiger charge is 2.03. The smallest absolute Gasteiger partial charge is 0.170 e. The maximum atomic E-state index is 12.7. The van der Waals surface area contributed by atoms with Gasteiger partial charge in [-0.3, -0.25) is 0 Å². The van der Waals surface area contributed by atoms with Crippen molar-refractivity contribution in [1.82, 2.24) is 0 Å². The van der Waals surface area contributed by atoms with Crippen LogP contribution < -0.4 is 5.73 Å². The fourth-order valence-corrected chi connectivity index (χ4v) is 0.924. The lowest BCUT2D eigenvalue weighted by atomic mass is 10.1. The van der Waals surface area contributed by atoms with Crippen molar-refractivity contribution in [2.24, 2.45) is 10.9 Å². The highest BCUT2D eigenvalue weighted by molar-refractivity contribution is 5.98. The van der Waals surface area contributed by atoms with Crippen molar-refractivity contribution in [3.8, 4) is 0 Å². The summed E-state index contributed by atoms with van der Waals surface area (Å²) in [6.45, 7) is 1.76. The first-order valence-corrected chi connectivity index (χ1v) is 3.39. The number of amidine groups is 1. The van der Waals surface area contributed by atoms with Crippen LogP contribution in [0.2, 0.25) is 0 Å². The molecule has 1 aromatic carbocycles. The number of nitrogens with zero attached hydrogens (tertiary/aromatic N) is 1. The lowest BCUT2D eigenvalue weighted by Crippen LogP contribution is -2.14. The molecule has 0 aliphatic rings. The van der Waals surface area contributed by atoms with Gasteiger partial charge >= 0.3 is 0 Å². The van der Waals surface area contributed by atoms with Crippen LogP contribution in [0.4, 0.5) is 4.39 Å². The molecule has 3 nitrogen and oxygen atoms in total. The Bertz CT molecular complexity index is 323. The summed E-state index contributed by atoms with van der Waals surface area (Å²) in [7, 11) is 0. The van der Waals surface area contributed by atoms with Gasteiger partial charge in [0.05, 0.1) is 0 Å². The second-order valence-electron chi connectivity index (χ2n) is 2.44. The van der Waals surface area contributed by atoms with Gasteiger partial charge in [-0.05, 0) is 24.6 Å². The van der Waals surface area contributed by atoms with Gasteiger partial charge in [-0.2, -0.15) is 0 Å². The predicted molar refractivity (Wildman–Crippen MR) is 43.6 cm³/mol. The van der Waals surface area contributed by atoms with Crippen LogP contribution in [-0.2, 0) is 0 Å². The van der Waals surface area contributed by atoms with Crippen molar-refractivity contribution >= 4 is 5.84 Å². The summed E-state index contributed by atoms with van der Waals surface area (Å²) in [5.41, 5.74) is 6.48. The molecule has 0 unspecified atom stereocenters. The first-order chi connectivity index (χ1) is 5.65. The van der Waals surface area contributed by atoms with Crippen LogP contribution in [0, 0.1) is 12.7 Å². The molecule has 4 heteroatoms. The molecule has 1 rings (SSSR count). The highest BCUT2D eigenvalue weighted by Crippen LogP contribution is 2.09. The lowest BCUT2D eigenvalue weighted by Gasteiger charge is -2.02. The van der Waals surface area contributed by atoms with E-state index in [0.29, 0.717) is 5.56 Å². The van der Waals surface area contributed by atoms with E-state index in [1.807, 2.05) is 0 Å². The number of halogens is 1. The summed E-state index contributed by atoms with van der Waals surface area (Å²) in [6.07, 6.45) is 0. The van der Waals surface area contributed by atoms with Crippen molar-refractivity contribution in [2.45, 2.75) is 6.92 Å². The second kappa shape index (κ2) is 3.21. The topological polar surface area (TPSA) is 58.6 Å². The lowest BCUT2D eigenvalue weighted by molar-refractivity contribution is 0.318. The minimum absolute atomic E-state index is 0.0769. The molecule has 0 amide bonds. The average Bonchev–Trinajstić information content (AvgIpc) is 2.08. The molecule has 0 heterocycles. The Morgan fingerprint density at radius 1 is 1.58 bits per heavy atom. The predicted octanol–water partition coefficient (Wildman–Crippen LogP) is 1.23. The molecule has 64 valence electrons. The van der Waals surface area contributed by atoms with Gasteiger partial charge in [-0.1, -0.05) is 11.2 Å². The minimum atomic E-state index is -0.401. The van der Waals surface area contributed by atoms with Gasteiger partial charge in [0.25, 0.3) is 0 Å². The number of hydrogen-bond acceptors (Lipinski definition) is 2. The fourth-order valence-electron chi connectivity index (χ4n) is 0.924. The molecule has 0 bridgehead atoms. The van der Waals surface area contributed by atoms with Crippen molar-refractivity contribution in [3.63, 3.8) is 0 Å². The molecule has 0 aliphatic heterocycles. The standard InChI is InChI=1S/C8H9FN2O/c1-5-2-3-6(9)4-7(5)8(10)11-12/h2-4,12H,1H3,(H2,10,11). The minimum Gasteiger partial charge on any atom is -0.409 e. The maximum absolute atomic E-state index is 12.7. The molecule has 0 spiro atoms. The number of oxime groups is 1. The van der Waals surface area contributed by atoms with Crippen LogP contribution in [-0.4, -0.2) is 11.0 Å². The van der Waals surface area contributed by atoms with Crippen LogP contribution in [0.5, 0.6) is 0 Å². The van der Waals surface area contributed by atoms with E-state index in [9.17, 15) is 4.39 Å². The first kappa shape index (κ1) is 8.52. The summed E-state index contributed by atoms with van der Waals surface area (Å²) in [5, 5.41) is 11.1. The molecule has 0 aliphatic carbocycles. The molecule has 0 saturated carbocycles. The second-order valence-corrected chi connectivity index (χ2v) is 2.44. The molecule has 0 fully saturated rings. The molecule has 3 N–H and O–H groups in total. The summed E-state index contributed by atoms with van der Waals surface area (Å²) in [4.78, 5) is 0. The Hall–Kier alpha value is -1.58. The van der Waals surface area contributed by atoms with Crippen molar-refractivity contribution in [1.29, 1.82) is 0 Å². The average molecular weight is 168 g/mol. The third kappa shape index (κ3) is 1.53. The third-order valence-corrected chi connectivity index (χ3v) is 1.58. The van der Waals surface area contributed by atoms with E-state index in [1.54, 1.807) is 13.0 Å². The van der Waals surface area contributed by atoms with Gasteiger partial charge in [0, 0.05) is 5.56 Å². The molecular weight excluding hydrogens is 159 g/mol. The molecule has 12 heavy (non-hydrogen) atoms. The van der Waals surface area contributed by atoms with Gasteiger partial charge < -0.3 is 10.9 Å². The van der Waals surface area contributed by atoms with Gasteiger partial charge in [-0.15, -0.1) is 0 Å². The van der Waals surface area contributed by atoms with E-state index in [4.69, 9.17) is 10.9 Å². The zero-order valence-corrected chi connectivity index (χ0v) is 6.58. The van der Waals surface area contributed by atoms with E-state index >= 15 is 0 Å². The SMILES string of the molecule is Cc1ccc(F)cc1C(N)=NO. The molecule has 0 radical (unpaired) electrons. The number of hydrogen-bond donors (Lipinski definition) is 2. The number of nitrogens with two attached hydrogens (primary N) is 1. The number of aryl methyl sites for hydroxylation is 1. The fraction of sp³-hybridized carbons (Fsp3) is 0.125. The van der Waals surface area contributed by atoms with Crippen molar-refractivity contribution in [3.05, 3.63) is 35.1 Å². The van der Waals surface area contributed by atoms with E-state index < -0.39 is 5.82 Å². The quantitative estimate of drug-likeness (QED) is 0.287. The van der Waals surface area contributed by atoms with Crippen molar-refractivity contribution < 1.29 is 9.60 Å². The van der Waals surface area contributed by atoms with Crippen LogP contribution in [0.3, 0.4) is 0 Å². The normalized spacial score (nSPS) is 11.7. The Kier molecular flexibility index (Phi) is 2.28. The van der Waals surface area contributed by atoms with Gasteiger partial charge in [0.1, 0.15) is 5.82 Å². The van der Waals surface area contributed by atoms with Crippen LogP contribution in [0.25, 0.3) is 0 Å². The van der Waals surface area contributed by atoms with E-state index in [-0.39, 0.29) is 5.84 Å². The molecule has 0 atom stereocenters. The summed E-state index contributed by atoms with van der Waals surface area (Å²) in [5.74, 6) is -0.478. The zero-order valence-electron chi connectivity index (χ0n) is 6.58. The van der Waals surface area contributed by atoms with Crippen molar-refractivity contribution in [2.75, 3.05) is 0 Å². The van der Waals surface area contributed by atoms with Gasteiger partial charge in [0.2, 0.25) is 0 Å².